The number of anilines is 1. The lowest BCUT2D eigenvalue weighted by Gasteiger charge is -2.29. The minimum atomic E-state index is -6.08. The second-order valence-electron chi connectivity index (χ2n) is 5.08. The Morgan fingerprint density at radius 2 is 1.72 bits per heavy atom. The lowest BCUT2D eigenvalue weighted by Crippen LogP contribution is -2.55. The fourth-order valence-electron chi connectivity index (χ4n) is 2.16. The van der Waals surface area contributed by atoms with E-state index in [0.717, 1.165) is 0 Å². The number of nitrogens with one attached hydrogen (secondary N) is 1. The van der Waals surface area contributed by atoms with Crippen molar-refractivity contribution < 1.29 is 36.6 Å². The maximum absolute atomic E-state index is 12.6. The Kier molecular flexibility index (Phi) is 4.64. The fraction of sp³-hybridized carbons (Fsp3) is 0.357. The zero-order chi connectivity index (χ0) is 19.0. The lowest BCUT2D eigenvalue weighted by molar-refractivity contribution is -0.348. The van der Waals surface area contributed by atoms with E-state index in [1.54, 1.807) is 31.2 Å². The minimum Gasteiger partial charge on any atom is -0.495 e. The first kappa shape index (κ1) is 18.9. The Labute approximate surface area is 137 Å². The zero-order valence-corrected chi connectivity index (χ0v) is 12.7. The van der Waals surface area contributed by atoms with Gasteiger partial charge in [0.25, 0.3) is 5.60 Å². The third kappa shape index (κ3) is 3.36. The van der Waals surface area contributed by atoms with Crippen LogP contribution in [0.25, 0.3) is 11.0 Å². The number of aliphatic hydroxyl groups is 2. The molecule has 0 unspecified atom stereocenters. The molecule has 1 aromatic carbocycles. The number of fused-ring (bicyclic) bond motifs is 1. The summed E-state index contributed by atoms with van der Waals surface area (Å²) in [6.07, 6.45) is -12.9. The van der Waals surface area contributed by atoms with Gasteiger partial charge >= 0.3 is 12.4 Å². The van der Waals surface area contributed by atoms with Gasteiger partial charge in [0, 0.05) is 12.6 Å². The fourth-order valence-corrected chi connectivity index (χ4v) is 2.16. The first-order valence-corrected chi connectivity index (χ1v) is 6.90. The van der Waals surface area contributed by atoms with E-state index >= 15 is 0 Å². The molecule has 25 heavy (non-hydrogen) atoms. The van der Waals surface area contributed by atoms with Crippen LogP contribution in [0.15, 0.2) is 36.2 Å². The van der Waals surface area contributed by atoms with Gasteiger partial charge in [-0.05, 0) is 19.1 Å². The van der Waals surface area contributed by atoms with Crippen LogP contribution in [0.5, 0.6) is 0 Å². The summed E-state index contributed by atoms with van der Waals surface area (Å²) in [4.78, 5) is 3.98. The zero-order valence-electron chi connectivity index (χ0n) is 12.7. The smallest absolute Gasteiger partial charge is 0.430 e. The summed E-state index contributed by atoms with van der Waals surface area (Å²) in [5.74, 6) is -1.72. The van der Waals surface area contributed by atoms with Crippen LogP contribution >= 0.6 is 0 Å². The number of hydrogen-bond acceptors (Lipinski definition) is 4. The SMILES string of the molecule is CCn1c(NC(O)=CC(O)(C(F)(F)F)C(F)(F)F)nc2ccccc21. The van der Waals surface area contributed by atoms with Crippen LogP contribution in [0.4, 0.5) is 32.3 Å². The van der Waals surface area contributed by atoms with Crippen molar-refractivity contribution >= 4 is 17.0 Å². The van der Waals surface area contributed by atoms with Crippen molar-refractivity contribution in [2.24, 2.45) is 0 Å². The van der Waals surface area contributed by atoms with Gasteiger partial charge in [0.2, 0.25) is 5.95 Å². The van der Waals surface area contributed by atoms with Gasteiger partial charge in [-0.1, -0.05) is 12.1 Å². The molecule has 138 valence electrons. The molecule has 0 aliphatic heterocycles. The topological polar surface area (TPSA) is 70.3 Å². The number of aliphatic hydroxyl groups excluding tert-OH is 1. The largest absolute Gasteiger partial charge is 0.495 e. The average Bonchev–Trinajstić information content (AvgIpc) is 2.81. The molecule has 0 bridgehead atoms. The number of halogens is 6. The van der Waals surface area contributed by atoms with Crippen molar-refractivity contribution in [2.45, 2.75) is 31.4 Å². The molecule has 5 nitrogen and oxygen atoms in total. The molecular weight excluding hydrogens is 356 g/mol. The quantitative estimate of drug-likeness (QED) is 0.568. The third-order valence-electron chi connectivity index (χ3n) is 3.42. The van der Waals surface area contributed by atoms with Crippen molar-refractivity contribution in [1.82, 2.24) is 9.55 Å². The monoisotopic (exact) mass is 369 g/mol. The predicted molar refractivity (Wildman–Crippen MR) is 76.8 cm³/mol. The second kappa shape index (κ2) is 6.14. The molecule has 0 aliphatic rings. The molecule has 3 N–H and O–H groups in total. The molecule has 2 rings (SSSR count). The van der Waals surface area contributed by atoms with Crippen molar-refractivity contribution in [2.75, 3.05) is 5.32 Å². The molecule has 0 atom stereocenters. The van der Waals surface area contributed by atoms with E-state index < -0.39 is 29.9 Å². The number of rotatable bonds is 4. The molecule has 0 saturated carbocycles. The second-order valence-corrected chi connectivity index (χ2v) is 5.08. The third-order valence-corrected chi connectivity index (χ3v) is 3.42. The number of alkyl halides is 6. The van der Waals surface area contributed by atoms with Gasteiger partial charge in [-0.3, -0.25) is 5.32 Å². The molecule has 1 aromatic heterocycles. The Bertz CT molecular complexity index is 780. The van der Waals surface area contributed by atoms with E-state index in [1.165, 1.54) is 4.57 Å². The normalized spacial score (nSPS) is 14.2. The van der Waals surface area contributed by atoms with Crippen LogP contribution in [0, 0.1) is 0 Å². The van der Waals surface area contributed by atoms with Crippen LogP contribution in [0.3, 0.4) is 0 Å². The van der Waals surface area contributed by atoms with Crippen LogP contribution in [0.2, 0.25) is 0 Å². The predicted octanol–water partition coefficient (Wildman–Crippen LogP) is 3.72. The molecule has 0 saturated heterocycles. The number of aryl methyl sites for hydroxylation is 1. The number of benzene rings is 1. The highest BCUT2D eigenvalue weighted by Crippen LogP contribution is 2.44. The van der Waals surface area contributed by atoms with Crippen molar-refractivity contribution in [3.63, 3.8) is 0 Å². The van der Waals surface area contributed by atoms with Gasteiger partial charge in [0.1, 0.15) is 0 Å². The first-order chi connectivity index (χ1) is 11.4. The molecule has 0 spiro atoms. The van der Waals surface area contributed by atoms with Crippen molar-refractivity contribution in [3.8, 4) is 0 Å². The van der Waals surface area contributed by atoms with Crippen LogP contribution in [-0.4, -0.2) is 37.7 Å². The van der Waals surface area contributed by atoms with E-state index in [2.05, 4.69) is 4.98 Å². The van der Waals surface area contributed by atoms with Crippen molar-refractivity contribution in [1.29, 1.82) is 0 Å². The average molecular weight is 369 g/mol. The summed E-state index contributed by atoms with van der Waals surface area (Å²) >= 11 is 0. The highest BCUT2D eigenvalue weighted by atomic mass is 19.4. The number of aromatic nitrogens is 2. The van der Waals surface area contributed by atoms with Gasteiger partial charge in [-0.25, -0.2) is 4.98 Å². The summed E-state index contributed by atoms with van der Waals surface area (Å²) in [6, 6.07) is 6.53. The Morgan fingerprint density at radius 1 is 1.16 bits per heavy atom. The standard InChI is InChI=1S/C14H13F6N3O2/c1-2-23-9-6-4-3-5-8(9)21-11(23)22-10(24)7-12(25,13(15,16)17)14(18,19)20/h3-7,24-25H,2H2,1H3,(H,21,22). The molecule has 11 heteroatoms. The minimum absolute atomic E-state index is 0.177. The number of nitrogens with zero attached hydrogens (tertiary/aromatic N) is 2. The van der Waals surface area contributed by atoms with Crippen molar-refractivity contribution in [3.05, 3.63) is 36.2 Å². The first-order valence-electron chi connectivity index (χ1n) is 6.90. The van der Waals surface area contributed by atoms with Gasteiger partial charge in [-0.15, -0.1) is 0 Å². The Morgan fingerprint density at radius 3 is 2.24 bits per heavy atom. The van der Waals surface area contributed by atoms with Crippen LogP contribution in [0.1, 0.15) is 6.92 Å². The van der Waals surface area contributed by atoms with E-state index in [9.17, 15) is 31.4 Å². The van der Waals surface area contributed by atoms with E-state index in [1.807, 2.05) is 5.32 Å². The van der Waals surface area contributed by atoms with Crippen LogP contribution < -0.4 is 5.32 Å². The number of para-hydroxylation sites is 2. The Balaban J connectivity index is 2.44. The van der Waals surface area contributed by atoms with Gasteiger partial charge < -0.3 is 14.8 Å². The van der Waals surface area contributed by atoms with Gasteiger partial charge in [0.15, 0.2) is 5.88 Å². The molecular formula is C14H13F6N3O2. The molecule has 0 fully saturated rings. The maximum atomic E-state index is 12.6. The molecule has 2 aromatic rings. The molecule has 0 radical (unpaired) electrons. The summed E-state index contributed by atoms with van der Waals surface area (Å²) in [6.45, 7) is 1.95. The maximum Gasteiger partial charge on any atom is 0.430 e. The molecule has 1 heterocycles. The summed E-state index contributed by atoms with van der Waals surface area (Å²) in [5.41, 5.74) is -4.23. The highest BCUT2D eigenvalue weighted by molar-refractivity contribution is 5.78. The van der Waals surface area contributed by atoms with E-state index in [-0.39, 0.29) is 12.5 Å². The summed E-state index contributed by atoms with van der Waals surface area (Å²) in [5, 5.41) is 20.6. The Hall–Kier alpha value is -2.43. The van der Waals surface area contributed by atoms with Gasteiger partial charge in [0.05, 0.1) is 11.0 Å². The lowest BCUT2D eigenvalue weighted by atomic mass is 10.0. The van der Waals surface area contributed by atoms with Gasteiger partial charge in [-0.2, -0.15) is 26.3 Å². The number of hydrogen-bond donors (Lipinski definition) is 3. The van der Waals surface area contributed by atoms with E-state index in [0.29, 0.717) is 11.0 Å². The van der Waals surface area contributed by atoms with E-state index in [4.69, 9.17) is 5.11 Å². The molecule has 0 amide bonds. The summed E-state index contributed by atoms with van der Waals surface area (Å²) < 4.78 is 77.3. The summed E-state index contributed by atoms with van der Waals surface area (Å²) in [7, 11) is 0. The highest BCUT2D eigenvalue weighted by Gasteiger charge is 2.69. The van der Waals surface area contributed by atoms with Crippen LogP contribution in [-0.2, 0) is 6.54 Å². The molecule has 0 aliphatic carbocycles. The number of imidazole rings is 1.